The summed E-state index contributed by atoms with van der Waals surface area (Å²) in [6.45, 7) is 2.25. The Morgan fingerprint density at radius 2 is 1.84 bits per heavy atom. The summed E-state index contributed by atoms with van der Waals surface area (Å²) < 4.78 is 0. The van der Waals surface area contributed by atoms with E-state index in [9.17, 15) is 0 Å². The van der Waals surface area contributed by atoms with Crippen LogP contribution in [0, 0.1) is 12.3 Å². The number of aliphatic hydroxyl groups is 1. The van der Waals surface area contributed by atoms with Crippen molar-refractivity contribution >= 4 is 17.0 Å². The second-order valence-electron chi connectivity index (χ2n) is 7.67. The van der Waals surface area contributed by atoms with Gasteiger partial charge in [0, 0.05) is 24.6 Å². The zero-order valence-corrected chi connectivity index (χ0v) is 18.9. The highest BCUT2D eigenvalue weighted by Gasteiger charge is 2.19. The maximum Gasteiger partial charge on any atom is 0.125 e. The summed E-state index contributed by atoms with van der Waals surface area (Å²) in [6, 6.07) is 18.1. The number of hydrogen-bond acceptors (Lipinski definition) is 6. The maximum absolute atomic E-state index is 8.52. The molecule has 5 nitrogen and oxygen atoms in total. The largest absolute Gasteiger partial charge is 0.396 e. The molecule has 0 saturated carbocycles. The number of aryl methyl sites for hydroxylation is 2. The lowest BCUT2D eigenvalue weighted by Crippen LogP contribution is -2.13. The molecule has 32 heavy (non-hydrogen) atoms. The third-order valence-corrected chi connectivity index (χ3v) is 6.55. The van der Waals surface area contributed by atoms with E-state index in [1.807, 2.05) is 55.6 Å². The Bertz CT molecular complexity index is 1190. The van der Waals surface area contributed by atoms with E-state index in [-0.39, 0.29) is 6.61 Å². The van der Waals surface area contributed by atoms with Crippen molar-refractivity contribution < 1.29 is 5.11 Å². The first-order valence-corrected chi connectivity index (χ1v) is 11.6. The molecule has 0 amide bonds. The number of hydrogen-bond donors (Lipinski definition) is 2. The van der Waals surface area contributed by atoms with Crippen LogP contribution in [0.5, 0.6) is 0 Å². The van der Waals surface area contributed by atoms with Crippen molar-refractivity contribution in [3.63, 3.8) is 0 Å². The normalized spacial score (nSPS) is 12.6. The molecule has 3 heterocycles. The van der Waals surface area contributed by atoms with E-state index in [2.05, 4.69) is 22.1 Å². The molecule has 4 aromatic rings. The van der Waals surface area contributed by atoms with Crippen LogP contribution in [0.4, 0.5) is 0 Å². The minimum atomic E-state index is 0.240. The number of aromatic nitrogens is 3. The molecule has 5 rings (SSSR count). The van der Waals surface area contributed by atoms with Crippen LogP contribution < -0.4 is 0 Å². The van der Waals surface area contributed by atoms with Gasteiger partial charge >= 0.3 is 0 Å². The number of thiazole rings is 1. The van der Waals surface area contributed by atoms with Crippen LogP contribution in [0.3, 0.4) is 0 Å². The molecule has 0 fully saturated rings. The van der Waals surface area contributed by atoms with Crippen molar-refractivity contribution in [2.45, 2.75) is 32.6 Å². The van der Waals surface area contributed by atoms with E-state index < -0.39 is 0 Å². The van der Waals surface area contributed by atoms with Crippen LogP contribution >= 0.6 is 11.3 Å². The third-order valence-electron chi connectivity index (χ3n) is 5.32. The Morgan fingerprint density at radius 1 is 1.00 bits per heavy atom. The summed E-state index contributed by atoms with van der Waals surface area (Å²) in [5.74, 6) is 0. The number of fused-ring (bicyclic) bond motifs is 1. The van der Waals surface area contributed by atoms with Gasteiger partial charge < -0.3 is 10.5 Å². The zero-order valence-electron chi connectivity index (χ0n) is 18.1. The molecule has 162 valence electrons. The van der Waals surface area contributed by atoms with E-state index in [4.69, 9.17) is 15.5 Å². The quantitative estimate of drug-likeness (QED) is 0.437. The van der Waals surface area contributed by atoms with E-state index in [0.29, 0.717) is 5.71 Å². The number of nitrogens with zero attached hydrogens (tertiary/aromatic N) is 3. The molecule has 2 N–H and O–H groups in total. The first-order valence-electron chi connectivity index (χ1n) is 10.8. The van der Waals surface area contributed by atoms with Gasteiger partial charge in [-0.1, -0.05) is 36.4 Å². The van der Waals surface area contributed by atoms with Crippen LogP contribution in [-0.4, -0.2) is 32.4 Å². The summed E-state index contributed by atoms with van der Waals surface area (Å²) in [5.41, 5.74) is 6.83. The smallest absolute Gasteiger partial charge is 0.125 e. The van der Waals surface area contributed by atoms with Gasteiger partial charge in [0.25, 0.3) is 0 Å². The SMILES string of the molecule is Cc1nc(-c2cccnc2)sc1-c1ccc2c(n1)C(=N)CCC2.OCCc1ccccc1. The minimum absolute atomic E-state index is 0.240. The van der Waals surface area contributed by atoms with Gasteiger partial charge in [-0.3, -0.25) is 4.98 Å². The van der Waals surface area contributed by atoms with Gasteiger partial charge in [0.05, 0.1) is 27.7 Å². The van der Waals surface area contributed by atoms with Gasteiger partial charge in [-0.2, -0.15) is 0 Å². The first-order chi connectivity index (χ1) is 15.7. The second kappa shape index (κ2) is 10.4. The Hall–Kier alpha value is -3.22. The number of rotatable bonds is 4. The molecule has 1 aliphatic rings. The number of pyridine rings is 2. The summed E-state index contributed by atoms with van der Waals surface area (Å²) in [7, 11) is 0. The Balaban J connectivity index is 0.000000230. The fourth-order valence-corrected chi connectivity index (χ4v) is 4.70. The molecule has 0 aliphatic heterocycles. The van der Waals surface area contributed by atoms with Crippen LogP contribution in [0.2, 0.25) is 0 Å². The average Bonchev–Trinajstić information content (AvgIpc) is 3.23. The van der Waals surface area contributed by atoms with E-state index in [1.165, 1.54) is 11.1 Å². The van der Waals surface area contributed by atoms with E-state index in [0.717, 1.165) is 58.2 Å². The van der Waals surface area contributed by atoms with Crippen molar-refractivity contribution in [2.75, 3.05) is 6.61 Å². The lowest BCUT2D eigenvalue weighted by molar-refractivity contribution is 0.299. The summed E-state index contributed by atoms with van der Waals surface area (Å²) in [4.78, 5) is 14.7. The van der Waals surface area contributed by atoms with Gasteiger partial charge in [-0.25, -0.2) is 9.97 Å². The molecule has 1 aromatic carbocycles. The molecule has 0 bridgehead atoms. The van der Waals surface area contributed by atoms with Crippen molar-refractivity contribution in [3.05, 3.63) is 89.5 Å². The Labute approximate surface area is 192 Å². The summed E-state index contributed by atoms with van der Waals surface area (Å²) >= 11 is 1.63. The van der Waals surface area contributed by atoms with Crippen molar-refractivity contribution in [1.82, 2.24) is 15.0 Å². The monoisotopic (exact) mass is 442 g/mol. The van der Waals surface area contributed by atoms with Crippen LogP contribution in [0.1, 0.15) is 35.4 Å². The number of aliphatic hydroxyl groups excluding tert-OH is 1. The second-order valence-corrected chi connectivity index (χ2v) is 8.67. The maximum atomic E-state index is 8.52. The molecule has 0 unspecified atom stereocenters. The highest BCUT2D eigenvalue weighted by atomic mass is 32.1. The van der Waals surface area contributed by atoms with Gasteiger partial charge in [-0.05, 0) is 61.9 Å². The van der Waals surface area contributed by atoms with E-state index in [1.54, 1.807) is 17.5 Å². The topological polar surface area (TPSA) is 82.8 Å². The molecule has 3 aromatic heterocycles. The third kappa shape index (κ3) is 5.15. The Morgan fingerprint density at radius 3 is 2.59 bits per heavy atom. The summed E-state index contributed by atoms with van der Waals surface area (Å²) in [6.07, 6.45) is 7.26. The fraction of sp³-hybridized carbons (Fsp3) is 0.231. The molecular formula is C26H26N4OS. The molecular weight excluding hydrogens is 416 g/mol. The lowest BCUT2D eigenvalue weighted by atomic mass is 9.94. The molecule has 6 heteroatoms. The summed E-state index contributed by atoms with van der Waals surface area (Å²) in [5, 5.41) is 17.6. The molecule has 0 saturated heterocycles. The molecule has 0 atom stereocenters. The predicted octanol–water partition coefficient (Wildman–Crippen LogP) is 5.50. The lowest BCUT2D eigenvalue weighted by Gasteiger charge is -2.16. The number of benzene rings is 1. The van der Waals surface area contributed by atoms with Crippen LogP contribution in [-0.2, 0) is 12.8 Å². The van der Waals surface area contributed by atoms with Crippen molar-refractivity contribution in [1.29, 1.82) is 5.41 Å². The van der Waals surface area contributed by atoms with Crippen molar-refractivity contribution in [2.24, 2.45) is 0 Å². The predicted molar refractivity (Wildman–Crippen MR) is 130 cm³/mol. The van der Waals surface area contributed by atoms with Crippen LogP contribution in [0.25, 0.3) is 21.1 Å². The Kier molecular flexibility index (Phi) is 7.14. The highest BCUT2D eigenvalue weighted by Crippen LogP contribution is 2.35. The van der Waals surface area contributed by atoms with Crippen LogP contribution in [0.15, 0.2) is 67.0 Å². The fourth-order valence-electron chi connectivity index (χ4n) is 3.67. The van der Waals surface area contributed by atoms with E-state index >= 15 is 0 Å². The molecule has 0 spiro atoms. The van der Waals surface area contributed by atoms with Gasteiger partial charge in [0.2, 0.25) is 0 Å². The zero-order chi connectivity index (χ0) is 22.3. The average molecular weight is 443 g/mol. The standard InChI is InChI=1S/C18H16N4S.C8H10O/c1-11-17(23-18(21-11)13-5-3-9-20-10-13)15-8-7-12-4-2-6-14(19)16(12)22-15;9-7-6-8-4-2-1-3-5-8/h3,5,7-10,19H,2,4,6H2,1H3;1-5,9H,6-7H2. The van der Waals surface area contributed by atoms with Gasteiger partial charge in [0.15, 0.2) is 0 Å². The minimum Gasteiger partial charge on any atom is -0.396 e. The van der Waals surface area contributed by atoms with Gasteiger partial charge in [0.1, 0.15) is 5.01 Å². The number of nitrogens with one attached hydrogen (secondary N) is 1. The molecule has 1 aliphatic carbocycles. The van der Waals surface area contributed by atoms with Crippen molar-refractivity contribution in [3.8, 4) is 21.1 Å². The highest BCUT2D eigenvalue weighted by molar-refractivity contribution is 7.18. The van der Waals surface area contributed by atoms with Gasteiger partial charge in [-0.15, -0.1) is 11.3 Å². The first kappa shape index (κ1) is 22.0. The molecule has 0 radical (unpaired) electrons.